The summed E-state index contributed by atoms with van der Waals surface area (Å²) < 4.78 is 0. The van der Waals surface area contributed by atoms with E-state index in [-0.39, 0.29) is 0 Å². The van der Waals surface area contributed by atoms with Crippen LogP contribution >= 0.6 is 0 Å². The van der Waals surface area contributed by atoms with Crippen molar-refractivity contribution in [2.45, 2.75) is 58.5 Å². The summed E-state index contributed by atoms with van der Waals surface area (Å²) in [7, 11) is 0. The van der Waals surface area contributed by atoms with Crippen LogP contribution in [-0.4, -0.2) is 10.7 Å². The lowest BCUT2D eigenvalue weighted by atomic mass is 9.62. The lowest BCUT2D eigenvalue weighted by Gasteiger charge is -2.43. The highest BCUT2D eigenvalue weighted by molar-refractivity contribution is 5.10. The second-order valence-electron chi connectivity index (χ2n) is 5.12. The van der Waals surface area contributed by atoms with Gasteiger partial charge in [0.05, 0.1) is 17.1 Å². The highest BCUT2D eigenvalue weighted by Crippen LogP contribution is 2.47. The third-order valence-electron chi connectivity index (χ3n) is 3.82. The molecule has 0 bridgehead atoms. The van der Waals surface area contributed by atoms with Crippen LogP contribution in [0.1, 0.15) is 52.9 Å². The van der Waals surface area contributed by atoms with Crippen molar-refractivity contribution in [3.63, 3.8) is 0 Å². The Hall–Kier alpha value is -0.550. The molecule has 14 heavy (non-hydrogen) atoms. The molecule has 1 aliphatic rings. The minimum absolute atomic E-state index is 0.508. The zero-order valence-electron chi connectivity index (χ0n) is 9.51. The van der Waals surface area contributed by atoms with E-state index in [9.17, 15) is 10.4 Å². The third-order valence-corrected chi connectivity index (χ3v) is 3.82. The number of hydrogen-bond donors (Lipinski definition) is 1. The molecule has 0 aromatic heterocycles. The van der Waals surface area contributed by atoms with E-state index in [0.29, 0.717) is 5.92 Å². The third kappa shape index (κ3) is 1.93. The molecule has 0 amide bonds. The topological polar surface area (TPSA) is 44.0 Å². The lowest BCUT2D eigenvalue weighted by molar-refractivity contribution is -0.0531. The predicted molar refractivity (Wildman–Crippen MR) is 56.6 cm³/mol. The van der Waals surface area contributed by atoms with Crippen LogP contribution in [0.3, 0.4) is 0 Å². The molecule has 0 aliphatic heterocycles. The average molecular weight is 195 g/mol. The second-order valence-corrected chi connectivity index (χ2v) is 5.12. The Morgan fingerprint density at radius 2 is 2.21 bits per heavy atom. The number of rotatable bonds is 2. The Labute approximate surface area is 86.9 Å². The molecule has 80 valence electrons. The quantitative estimate of drug-likeness (QED) is 0.736. The zero-order valence-corrected chi connectivity index (χ0v) is 9.51. The summed E-state index contributed by atoms with van der Waals surface area (Å²) in [6, 6.07) is 2.37. The first-order valence-electron chi connectivity index (χ1n) is 5.59. The molecule has 0 aromatic rings. The zero-order chi connectivity index (χ0) is 10.8. The van der Waals surface area contributed by atoms with E-state index in [0.717, 1.165) is 25.7 Å². The molecule has 2 heteroatoms. The van der Waals surface area contributed by atoms with Crippen molar-refractivity contribution in [1.82, 2.24) is 0 Å². The fourth-order valence-electron chi connectivity index (χ4n) is 2.53. The predicted octanol–water partition coefficient (Wildman–Crippen LogP) is 2.87. The molecule has 1 fully saturated rings. The van der Waals surface area contributed by atoms with Gasteiger partial charge < -0.3 is 5.11 Å². The summed E-state index contributed by atoms with van der Waals surface area (Å²) in [5.74, 6) is 0.620. The fraction of sp³-hybridized carbons (Fsp3) is 0.917. The Morgan fingerprint density at radius 3 is 2.64 bits per heavy atom. The molecular weight excluding hydrogens is 174 g/mol. The van der Waals surface area contributed by atoms with Crippen LogP contribution in [0.25, 0.3) is 0 Å². The molecule has 1 N–H and O–H groups in total. The summed E-state index contributed by atoms with van der Waals surface area (Å²) in [6.07, 6.45) is 5.14. The van der Waals surface area contributed by atoms with Crippen molar-refractivity contribution in [3.8, 4) is 6.07 Å². The molecule has 2 unspecified atom stereocenters. The second kappa shape index (κ2) is 3.90. The molecule has 1 aliphatic carbocycles. The van der Waals surface area contributed by atoms with Crippen LogP contribution < -0.4 is 0 Å². The van der Waals surface area contributed by atoms with Gasteiger partial charge in [-0.2, -0.15) is 5.26 Å². The minimum atomic E-state index is -0.865. The largest absolute Gasteiger partial charge is 0.389 e. The first-order chi connectivity index (χ1) is 6.45. The Bertz CT molecular complexity index is 236. The number of aliphatic hydroxyl groups is 1. The maximum atomic E-state index is 10.1. The van der Waals surface area contributed by atoms with E-state index in [1.165, 1.54) is 6.42 Å². The molecular formula is C12H21NO. The maximum Gasteiger partial charge on any atom is 0.0857 e. The fourth-order valence-corrected chi connectivity index (χ4v) is 2.53. The van der Waals surface area contributed by atoms with Gasteiger partial charge in [0.2, 0.25) is 0 Å². The van der Waals surface area contributed by atoms with Crippen molar-refractivity contribution >= 4 is 0 Å². The molecule has 1 saturated carbocycles. The molecule has 0 aromatic carbocycles. The molecule has 0 radical (unpaired) electrons. The van der Waals surface area contributed by atoms with Crippen LogP contribution in [0.2, 0.25) is 0 Å². The van der Waals surface area contributed by atoms with Crippen molar-refractivity contribution in [2.24, 2.45) is 11.3 Å². The Balaban J connectivity index is 2.85. The van der Waals surface area contributed by atoms with Crippen LogP contribution in [0.5, 0.6) is 0 Å². The summed E-state index contributed by atoms with van der Waals surface area (Å²) in [5.41, 5.74) is -1.37. The summed E-state index contributed by atoms with van der Waals surface area (Å²) in [5, 5.41) is 19.4. The van der Waals surface area contributed by atoms with E-state index in [1.807, 2.05) is 0 Å². The van der Waals surface area contributed by atoms with E-state index in [1.54, 1.807) is 13.8 Å². The number of nitrogens with zero attached hydrogens (tertiary/aromatic N) is 1. The molecule has 0 saturated heterocycles. The van der Waals surface area contributed by atoms with Crippen molar-refractivity contribution in [2.75, 3.05) is 0 Å². The van der Waals surface area contributed by atoms with Gasteiger partial charge in [-0.25, -0.2) is 0 Å². The highest BCUT2D eigenvalue weighted by Gasteiger charge is 2.47. The first-order valence-corrected chi connectivity index (χ1v) is 5.59. The summed E-state index contributed by atoms with van der Waals surface area (Å²) in [4.78, 5) is 0. The van der Waals surface area contributed by atoms with Crippen LogP contribution in [0, 0.1) is 22.7 Å². The van der Waals surface area contributed by atoms with Crippen molar-refractivity contribution < 1.29 is 5.11 Å². The van der Waals surface area contributed by atoms with Gasteiger partial charge in [-0.3, -0.25) is 0 Å². The minimum Gasteiger partial charge on any atom is -0.389 e. The van der Waals surface area contributed by atoms with Gasteiger partial charge in [0, 0.05) is 0 Å². The van der Waals surface area contributed by atoms with Gasteiger partial charge >= 0.3 is 0 Å². The molecule has 2 nitrogen and oxygen atoms in total. The Kier molecular flexibility index (Phi) is 3.21. The summed E-state index contributed by atoms with van der Waals surface area (Å²) >= 11 is 0. The van der Waals surface area contributed by atoms with Gasteiger partial charge in [-0.15, -0.1) is 0 Å². The monoisotopic (exact) mass is 195 g/mol. The lowest BCUT2D eigenvalue weighted by Crippen LogP contribution is -2.45. The van der Waals surface area contributed by atoms with Gasteiger partial charge in [-0.1, -0.05) is 26.2 Å². The van der Waals surface area contributed by atoms with E-state index >= 15 is 0 Å². The Morgan fingerprint density at radius 1 is 1.57 bits per heavy atom. The van der Waals surface area contributed by atoms with E-state index < -0.39 is 11.0 Å². The van der Waals surface area contributed by atoms with Crippen LogP contribution in [0.4, 0.5) is 0 Å². The number of hydrogen-bond acceptors (Lipinski definition) is 2. The van der Waals surface area contributed by atoms with E-state index in [2.05, 4.69) is 13.0 Å². The highest BCUT2D eigenvalue weighted by atomic mass is 16.3. The average Bonchev–Trinajstić information content (AvgIpc) is 2.16. The van der Waals surface area contributed by atoms with E-state index in [4.69, 9.17) is 0 Å². The van der Waals surface area contributed by atoms with Crippen LogP contribution in [0.15, 0.2) is 0 Å². The molecule has 0 spiro atoms. The molecule has 0 heterocycles. The van der Waals surface area contributed by atoms with Gasteiger partial charge in [0.15, 0.2) is 0 Å². The molecule has 2 atom stereocenters. The normalized spacial score (nSPS) is 33.8. The van der Waals surface area contributed by atoms with Gasteiger partial charge in [0.1, 0.15) is 0 Å². The number of nitriles is 1. The van der Waals surface area contributed by atoms with Gasteiger partial charge in [-0.05, 0) is 32.6 Å². The van der Waals surface area contributed by atoms with Crippen LogP contribution in [-0.2, 0) is 0 Å². The smallest absolute Gasteiger partial charge is 0.0857 e. The molecule has 1 rings (SSSR count). The summed E-state index contributed by atoms with van der Waals surface area (Å²) in [6.45, 7) is 5.71. The van der Waals surface area contributed by atoms with Gasteiger partial charge in [0.25, 0.3) is 0 Å². The standard InChI is InChI=1S/C12H21NO/c1-4-10-6-5-7-12(8-10,9-13)11(2,3)14/h10,14H,4-8H2,1-3H3. The maximum absolute atomic E-state index is 10.1. The SMILES string of the molecule is CCC1CCCC(C#N)(C(C)(C)O)C1. The van der Waals surface area contributed by atoms with Crippen molar-refractivity contribution in [3.05, 3.63) is 0 Å². The first kappa shape index (κ1) is 11.5. The van der Waals surface area contributed by atoms with Crippen molar-refractivity contribution in [1.29, 1.82) is 5.26 Å².